The summed E-state index contributed by atoms with van der Waals surface area (Å²) in [4.78, 5) is 13.2. The van der Waals surface area contributed by atoms with Crippen molar-refractivity contribution in [2.24, 2.45) is 5.92 Å². The van der Waals surface area contributed by atoms with E-state index >= 15 is 0 Å². The topological polar surface area (TPSA) is 49.8 Å². The molecule has 0 aromatic rings. The van der Waals surface area contributed by atoms with Crippen LogP contribution in [0.1, 0.15) is 58.3 Å². The maximum Gasteiger partial charge on any atom is 0.303 e. The number of aliphatic carboxylic acids is 1. The molecule has 1 atom stereocenters. The van der Waals surface area contributed by atoms with E-state index in [2.05, 4.69) is 11.8 Å². The zero-order valence-electron chi connectivity index (χ0n) is 12.7. The highest BCUT2D eigenvalue weighted by Gasteiger charge is 2.27. The first-order valence-corrected chi connectivity index (χ1v) is 8.22. The van der Waals surface area contributed by atoms with Crippen molar-refractivity contribution < 1.29 is 14.6 Å². The molecule has 0 unspecified atom stereocenters. The van der Waals surface area contributed by atoms with Gasteiger partial charge in [-0.3, -0.25) is 9.69 Å². The number of hydrogen-bond acceptors (Lipinski definition) is 3. The predicted octanol–water partition coefficient (Wildman–Crippen LogP) is 2.91. The lowest BCUT2D eigenvalue weighted by atomic mass is 9.86. The van der Waals surface area contributed by atoms with Crippen molar-refractivity contribution in [3.8, 4) is 0 Å². The van der Waals surface area contributed by atoms with Gasteiger partial charge in [0.25, 0.3) is 0 Å². The first-order chi connectivity index (χ1) is 9.65. The molecule has 2 rings (SSSR count). The fourth-order valence-electron chi connectivity index (χ4n) is 3.51. The Hall–Kier alpha value is -0.610. The highest BCUT2D eigenvalue weighted by molar-refractivity contribution is 5.66. The number of carboxylic acids is 1. The fraction of sp³-hybridized carbons (Fsp3) is 0.938. The third-order valence-electron chi connectivity index (χ3n) is 4.80. The Balaban J connectivity index is 1.82. The first kappa shape index (κ1) is 15.8. The summed E-state index contributed by atoms with van der Waals surface area (Å²) in [6.07, 6.45) is 8.91. The normalized spacial score (nSPS) is 30.8. The van der Waals surface area contributed by atoms with E-state index in [0.717, 1.165) is 32.0 Å². The molecule has 1 saturated heterocycles. The molecule has 1 saturated carbocycles. The molecular formula is C16H29NO3. The van der Waals surface area contributed by atoms with Crippen molar-refractivity contribution in [1.82, 2.24) is 4.90 Å². The van der Waals surface area contributed by atoms with Gasteiger partial charge in [-0.2, -0.15) is 0 Å². The van der Waals surface area contributed by atoms with E-state index in [1.165, 1.54) is 38.5 Å². The summed E-state index contributed by atoms with van der Waals surface area (Å²) in [6, 6.07) is 0.643. The van der Waals surface area contributed by atoms with Crippen molar-refractivity contribution in [3.05, 3.63) is 0 Å². The highest BCUT2D eigenvalue weighted by Crippen LogP contribution is 2.28. The van der Waals surface area contributed by atoms with Gasteiger partial charge in [0.05, 0.1) is 6.10 Å². The molecule has 1 aliphatic carbocycles. The molecule has 0 spiro atoms. The molecule has 0 aromatic heterocycles. The molecule has 116 valence electrons. The van der Waals surface area contributed by atoms with Crippen molar-refractivity contribution in [3.63, 3.8) is 0 Å². The lowest BCUT2D eigenvalue weighted by Crippen LogP contribution is -2.42. The van der Waals surface area contributed by atoms with Gasteiger partial charge < -0.3 is 9.84 Å². The quantitative estimate of drug-likeness (QED) is 0.780. The Morgan fingerprint density at radius 1 is 1.25 bits per heavy atom. The molecule has 0 amide bonds. The van der Waals surface area contributed by atoms with Gasteiger partial charge in [-0.15, -0.1) is 0 Å². The van der Waals surface area contributed by atoms with Crippen LogP contribution in [0.3, 0.4) is 0 Å². The molecule has 1 heterocycles. The average molecular weight is 283 g/mol. The minimum atomic E-state index is -0.681. The smallest absolute Gasteiger partial charge is 0.303 e. The van der Waals surface area contributed by atoms with E-state index < -0.39 is 5.97 Å². The van der Waals surface area contributed by atoms with Crippen molar-refractivity contribution >= 4 is 5.97 Å². The summed E-state index contributed by atoms with van der Waals surface area (Å²) in [5, 5.41) is 8.81. The number of carboxylic acid groups (broad SMARTS) is 1. The molecule has 0 bridgehead atoms. The molecule has 0 aromatic carbocycles. The Bertz CT molecular complexity index is 294. The number of carbonyl (C=O) groups is 1. The molecule has 4 nitrogen and oxygen atoms in total. The largest absolute Gasteiger partial charge is 0.481 e. The number of hydrogen-bond donors (Lipinski definition) is 1. The highest BCUT2D eigenvalue weighted by atomic mass is 16.5. The predicted molar refractivity (Wildman–Crippen MR) is 78.8 cm³/mol. The molecule has 20 heavy (non-hydrogen) atoms. The van der Waals surface area contributed by atoms with Crippen LogP contribution < -0.4 is 0 Å². The number of nitrogens with zero attached hydrogens (tertiary/aromatic N) is 1. The third kappa shape index (κ3) is 5.06. The lowest BCUT2D eigenvalue weighted by molar-refractivity contribution is -0.137. The summed E-state index contributed by atoms with van der Waals surface area (Å²) in [7, 11) is 0. The molecule has 2 aliphatic rings. The first-order valence-electron chi connectivity index (χ1n) is 8.22. The van der Waals surface area contributed by atoms with Crippen molar-refractivity contribution in [2.75, 3.05) is 19.7 Å². The summed E-state index contributed by atoms with van der Waals surface area (Å²) in [5.41, 5.74) is 0. The van der Waals surface area contributed by atoms with Gasteiger partial charge in [-0.25, -0.2) is 0 Å². The number of ether oxygens (including phenoxy) is 1. The van der Waals surface area contributed by atoms with Crippen LogP contribution in [-0.4, -0.2) is 47.8 Å². The summed E-state index contributed by atoms with van der Waals surface area (Å²) in [6.45, 7) is 5.14. The van der Waals surface area contributed by atoms with E-state index in [9.17, 15) is 4.79 Å². The van der Waals surface area contributed by atoms with Crippen LogP contribution in [0.25, 0.3) is 0 Å². The second-order valence-electron chi connectivity index (χ2n) is 6.54. The van der Waals surface area contributed by atoms with Crippen LogP contribution in [-0.2, 0) is 9.53 Å². The van der Waals surface area contributed by atoms with Crippen LogP contribution in [0.5, 0.6) is 0 Å². The summed E-state index contributed by atoms with van der Waals surface area (Å²) in [5.74, 6) is 0.175. The Morgan fingerprint density at radius 2 is 2.00 bits per heavy atom. The SMILES string of the molecule is CC1CCC(N(CCCC(=O)O)C[C@@H]2CCCO2)CC1. The van der Waals surface area contributed by atoms with Gasteiger partial charge >= 0.3 is 5.97 Å². The van der Waals surface area contributed by atoms with Crippen LogP contribution in [0.15, 0.2) is 0 Å². The minimum absolute atomic E-state index is 0.283. The molecule has 0 radical (unpaired) electrons. The summed E-state index contributed by atoms with van der Waals surface area (Å²) < 4.78 is 5.76. The lowest BCUT2D eigenvalue weighted by Gasteiger charge is -2.37. The standard InChI is InChI=1S/C16H29NO3/c1-13-6-8-14(9-7-13)17(10-2-5-16(18)19)12-15-4-3-11-20-15/h13-15H,2-12H2,1H3,(H,18,19)/t13?,14?,15-/m0/s1. The zero-order chi connectivity index (χ0) is 14.4. The molecule has 1 N–H and O–H groups in total. The van der Waals surface area contributed by atoms with Crippen molar-refractivity contribution in [1.29, 1.82) is 0 Å². The molecule has 1 aliphatic heterocycles. The van der Waals surface area contributed by atoms with Crippen molar-refractivity contribution in [2.45, 2.75) is 70.4 Å². The van der Waals surface area contributed by atoms with Crippen LogP contribution in [0, 0.1) is 5.92 Å². The van der Waals surface area contributed by atoms with Crippen LogP contribution in [0.2, 0.25) is 0 Å². The minimum Gasteiger partial charge on any atom is -0.481 e. The molecule has 4 heteroatoms. The van der Waals surface area contributed by atoms with E-state index in [1.807, 2.05) is 0 Å². The van der Waals surface area contributed by atoms with Gasteiger partial charge in [0, 0.05) is 25.6 Å². The van der Waals surface area contributed by atoms with E-state index in [-0.39, 0.29) is 6.42 Å². The van der Waals surface area contributed by atoms with Gasteiger partial charge in [-0.1, -0.05) is 6.92 Å². The van der Waals surface area contributed by atoms with Crippen LogP contribution >= 0.6 is 0 Å². The Kier molecular flexibility index (Phi) is 6.30. The second kappa shape index (κ2) is 7.99. The Morgan fingerprint density at radius 3 is 2.60 bits per heavy atom. The zero-order valence-corrected chi connectivity index (χ0v) is 12.7. The second-order valence-corrected chi connectivity index (χ2v) is 6.54. The molecular weight excluding hydrogens is 254 g/mol. The maximum absolute atomic E-state index is 10.7. The maximum atomic E-state index is 10.7. The van der Waals surface area contributed by atoms with Gasteiger partial charge in [-0.05, 0) is 57.4 Å². The van der Waals surface area contributed by atoms with Crippen LogP contribution in [0.4, 0.5) is 0 Å². The fourth-order valence-corrected chi connectivity index (χ4v) is 3.51. The van der Waals surface area contributed by atoms with E-state index in [4.69, 9.17) is 9.84 Å². The summed E-state index contributed by atoms with van der Waals surface area (Å²) >= 11 is 0. The van der Waals surface area contributed by atoms with Gasteiger partial charge in [0.15, 0.2) is 0 Å². The average Bonchev–Trinajstić information content (AvgIpc) is 2.91. The van der Waals surface area contributed by atoms with Gasteiger partial charge in [0.2, 0.25) is 0 Å². The Labute approximate surface area is 122 Å². The number of rotatable bonds is 7. The van der Waals surface area contributed by atoms with E-state index in [1.54, 1.807) is 0 Å². The van der Waals surface area contributed by atoms with Gasteiger partial charge in [0.1, 0.15) is 0 Å². The van der Waals surface area contributed by atoms with E-state index in [0.29, 0.717) is 12.1 Å². The third-order valence-corrected chi connectivity index (χ3v) is 4.80. The monoisotopic (exact) mass is 283 g/mol. The molecule has 2 fully saturated rings.